The lowest BCUT2D eigenvalue weighted by atomic mass is 10.1. The topological polar surface area (TPSA) is 108 Å². The average Bonchev–Trinajstić information content (AvgIpc) is 3.40. The van der Waals surface area contributed by atoms with Crippen LogP contribution in [0.25, 0.3) is 21.7 Å². The fraction of sp³-hybridized carbons (Fsp3) is 0.125. The molecule has 1 unspecified atom stereocenters. The number of aliphatic carboxylic acids is 1. The first-order valence-corrected chi connectivity index (χ1v) is 16.0. The van der Waals surface area contributed by atoms with E-state index < -0.39 is 27.7 Å². The summed E-state index contributed by atoms with van der Waals surface area (Å²) >= 11 is 7.61. The Balaban J connectivity index is 1.32. The van der Waals surface area contributed by atoms with Crippen molar-refractivity contribution in [3.63, 3.8) is 0 Å². The van der Waals surface area contributed by atoms with Crippen LogP contribution in [0, 0.1) is 6.92 Å². The SMILES string of the molecule is Cc1ccc(-c2sc(Nc3ccc(S(=O)(=O)CNC(Cc4ccccc4)C(=O)O)cc3)nc2-c2ccc(Cl)cc2)cc1. The number of thiazole rings is 1. The van der Waals surface area contributed by atoms with Crippen molar-refractivity contribution in [3.05, 3.63) is 119 Å². The number of anilines is 2. The Morgan fingerprint density at radius 3 is 2.19 bits per heavy atom. The molecule has 3 N–H and O–H groups in total. The van der Waals surface area contributed by atoms with E-state index >= 15 is 0 Å². The number of halogens is 1. The Morgan fingerprint density at radius 1 is 0.905 bits per heavy atom. The molecule has 5 aromatic rings. The van der Waals surface area contributed by atoms with E-state index in [4.69, 9.17) is 16.6 Å². The maximum absolute atomic E-state index is 13.0. The Hall–Kier alpha value is -4.02. The average molecular weight is 618 g/mol. The van der Waals surface area contributed by atoms with E-state index in [0.717, 1.165) is 32.8 Å². The molecule has 0 aliphatic carbocycles. The van der Waals surface area contributed by atoms with Crippen LogP contribution >= 0.6 is 22.9 Å². The van der Waals surface area contributed by atoms with Crippen LogP contribution in [0.15, 0.2) is 108 Å². The summed E-state index contributed by atoms with van der Waals surface area (Å²) in [5.74, 6) is -1.61. The van der Waals surface area contributed by atoms with E-state index in [1.165, 1.54) is 23.5 Å². The van der Waals surface area contributed by atoms with Gasteiger partial charge in [0.15, 0.2) is 15.0 Å². The number of carbonyl (C=O) groups is 1. The van der Waals surface area contributed by atoms with Gasteiger partial charge in [-0.1, -0.05) is 95.2 Å². The molecule has 4 aromatic carbocycles. The summed E-state index contributed by atoms with van der Waals surface area (Å²) in [5, 5.41) is 16.9. The van der Waals surface area contributed by atoms with Gasteiger partial charge in [0.1, 0.15) is 11.9 Å². The third kappa shape index (κ3) is 7.24. The monoisotopic (exact) mass is 617 g/mol. The summed E-state index contributed by atoms with van der Waals surface area (Å²) in [6.07, 6.45) is 0.172. The molecular formula is C32H28ClN3O4S2. The van der Waals surface area contributed by atoms with Crippen LogP contribution in [0.4, 0.5) is 10.8 Å². The first-order valence-electron chi connectivity index (χ1n) is 13.1. The number of hydrogen-bond acceptors (Lipinski definition) is 7. The molecule has 0 saturated heterocycles. The molecule has 0 aliphatic heterocycles. The number of benzene rings is 4. The second-order valence-electron chi connectivity index (χ2n) is 9.76. The number of aromatic nitrogens is 1. The lowest BCUT2D eigenvalue weighted by Crippen LogP contribution is -2.41. The number of hydrogen-bond donors (Lipinski definition) is 3. The van der Waals surface area contributed by atoms with Gasteiger partial charge in [0.25, 0.3) is 0 Å². The van der Waals surface area contributed by atoms with Gasteiger partial charge < -0.3 is 10.4 Å². The van der Waals surface area contributed by atoms with Crippen LogP contribution in [0.2, 0.25) is 5.02 Å². The fourth-order valence-corrected chi connectivity index (χ4v) is 6.61. The summed E-state index contributed by atoms with van der Waals surface area (Å²) in [7, 11) is -3.78. The molecule has 5 rings (SSSR count). The molecule has 0 radical (unpaired) electrons. The molecule has 0 fully saturated rings. The summed E-state index contributed by atoms with van der Waals surface area (Å²) in [5.41, 5.74) is 5.42. The molecule has 0 aliphatic rings. The minimum atomic E-state index is -3.78. The summed E-state index contributed by atoms with van der Waals surface area (Å²) < 4.78 is 26.0. The maximum Gasteiger partial charge on any atom is 0.321 e. The van der Waals surface area contributed by atoms with Crippen LogP contribution in [0.3, 0.4) is 0 Å². The highest BCUT2D eigenvalue weighted by atomic mass is 35.5. The van der Waals surface area contributed by atoms with Gasteiger partial charge in [0, 0.05) is 16.3 Å². The molecule has 7 nitrogen and oxygen atoms in total. The van der Waals surface area contributed by atoms with Crippen molar-refractivity contribution in [2.75, 3.05) is 11.2 Å². The summed E-state index contributed by atoms with van der Waals surface area (Å²) in [6.45, 7) is 2.04. The zero-order valence-electron chi connectivity index (χ0n) is 22.6. The van der Waals surface area contributed by atoms with E-state index in [1.54, 1.807) is 12.1 Å². The molecule has 1 atom stereocenters. The van der Waals surface area contributed by atoms with Crippen molar-refractivity contribution in [2.45, 2.75) is 24.3 Å². The van der Waals surface area contributed by atoms with E-state index in [9.17, 15) is 18.3 Å². The number of carboxylic acids is 1. The van der Waals surface area contributed by atoms with Crippen molar-refractivity contribution < 1.29 is 18.3 Å². The molecule has 42 heavy (non-hydrogen) atoms. The first kappa shape index (κ1) is 29.5. The number of nitrogens with one attached hydrogen (secondary N) is 2. The molecule has 1 heterocycles. The highest BCUT2D eigenvalue weighted by molar-refractivity contribution is 7.91. The Morgan fingerprint density at radius 2 is 1.55 bits per heavy atom. The molecule has 1 aromatic heterocycles. The second-order valence-corrected chi connectivity index (χ2v) is 13.2. The van der Waals surface area contributed by atoms with E-state index in [0.29, 0.717) is 15.8 Å². The van der Waals surface area contributed by atoms with Crippen LogP contribution in [0.1, 0.15) is 11.1 Å². The zero-order chi connectivity index (χ0) is 29.7. The minimum Gasteiger partial charge on any atom is -0.480 e. The van der Waals surface area contributed by atoms with Gasteiger partial charge in [-0.25, -0.2) is 13.4 Å². The Bertz CT molecular complexity index is 1710. The Labute approximate surface area is 253 Å². The van der Waals surface area contributed by atoms with Crippen molar-refractivity contribution in [3.8, 4) is 21.7 Å². The Kier molecular flexibility index (Phi) is 9.03. The van der Waals surface area contributed by atoms with Gasteiger partial charge in [0.05, 0.1) is 15.5 Å². The normalized spacial score (nSPS) is 12.1. The fourth-order valence-electron chi connectivity index (χ4n) is 4.34. The van der Waals surface area contributed by atoms with Crippen molar-refractivity contribution in [1.82, 2.24) is 10.3 Å². The van der Waals surface area contributed by atoms with Crippen LogP contribution in [-0.2, 0) is 21.1 Å². The number of rotatable bonds is 11. The predicted molar refractivity (Wildman–Crippen MR) is 169 cm³/mol. The van der Waals surface area contributed by atoms with Crippen LogP contribution in [0.5, 0.6) is 0 Å². The second kappa shape index (κ2) is 12.9. The molecule has 214 valence electrons. The van der Waals surface area contributed by atoms with Gasteiger partial charge >= 0.3 is 5.97 Å². The third-order valence-electron chi connectivity index (χ3n) is 6.62. The van der Waals surface area contributed by atoms with Crippen LogP contribution < -0.4 is 10.6 Å². The van der Waals surface area contributed by atoms with Crippen molar-refractivity contribution in [1.29, 1.82) is 0 Å². The molecule has 0 saturated carbocycles. The number of carboxylic acid groups (broad SMARTS) is 1. The van der Waals surface area contributed by atoms with E-state index in [1.807, 2.05) is 61.5 Å². The summed E-state index contributed by atoms with van der Waals surface area (Å²) in [6, 6.07) is 30.1. The third-order valence-corrected chi connectivity index (χ3v) is 9.43. The van der Waals surface area contributed by atoms with E-state index in [-0.39, 0.29) is 11.3 Å². The first-order chi connectivity index (χ1) is 20.2. The van der Waals surface area contributed by atoms with Gasteiger partial charge in [0.2, 0.25) is 0 Å². The van der Waals surface area contributed by atoms with E-state index in [2.05, 4.69) is 34.9 Å². The van der Waals surface area contributed by atoms with Crippen molar-refractivity contribution >= 4 is 49.6 Å². The highest BCUT2D eigenvalue weighted by Gasteiger charge is 2.22. The highest BCUT2D eigenvalue weighted by Crippen LogP contribution is 2.40. The molecule has 0 spiro atoms. The zero-order valence-corrected chi connectivity index (χ0v) is 25.0. The number of sulfone groups is 1. The smallest absolute Gasteiger partial charge is 0.321 e. The van der Waals surface area contributed by atoms with Gasteiger partial charge in [-0.3, -0.25) is 10.1 Å². The largest absolute Gasteiger partial charge is 0.480 e. The molecule has 0 bridgehead atoms. The van der Waals surface area contributed by atoms with Gasteiger partial charge in [-0.2, -0.15) is 0 Å². The summed E-state index contributed by atoms with van der Waals surface area (Å²) in [4.78, 5) is 17.7. The standard InChI is InChI=1S/C32H28ClN3O4S2/c1-21-7-9-24(10-8-21)30-29(23-11-13-25(33)14-12-23)36-32(41-30)35-26-15-17-27(18-16-26)42(39,40)20-34-28(31(37)38)19-22-5-3-2-4-6-22/h2-18,28,34H,19-20H2,1H3,(H,35,36)(H,37,38). The number of aryl methyl sites for hydroxylation is 1. The quantitative estimate of drug-likeness (QED) is 0.144. The number of nitrogens with zero attached hydrogens (tertiary/aromatic N) is 1. The van der Waals surface area contributed by atoms with Crippen molar-refractivity contribution in [2.24, 2.45) is 0 Å². The lowest BCUT2D eigenvalue weighted by Gasteiger charge is -2.15. The van der Waals surface area contributed by atoms with Gasteiger partial charge in [-0.05, 0) is 60.9 Å². The predicted octanol–water partition coefficient (Wildman–Crippen LogP) is 7.20. The molecular weight excluding hydrogens is 590 g/mol. The molecule has 0 amide bonds. The van der Waals surface area contributed by atoms with Gasteiger partial charge in [-0.15, -0.1) is 0 Å². The maximum atomic E-state index is 13.0. The van der Waals surface area contributed by atoms with Crippen LogP contribution in [-0.4, -0.2) is 36.4 Å². The lowest BCUT2D eigenvalue weighted by molar-refractivity contribution is -0.139. The molecule has 10 heteroatoms. The minimum absolute atomic E-state index is 0.0886.